The number of hydrogen-bond acceptors (Lipinski definition) is 6. The van der Waals surface area contributed by atoms with E-state index in [0.717, 1.165) is 51.4 Å². The van der Waals surface area contributed by atoms with Crippen LogP contribution in [0.1, 0.15) is 105 Å². The number of aliphatic hydroxyl groups excluding tert-OH is 2. The van der Waals surface area contributed by atoms with Crippen LogP contribution in [0.2, 0.25) is 0 Å². The molecular weight excluding hydrogens is 500 g/mol. The number of fused-ring (bicyclic) bond motifs is 5. The molecule has 5 rings (SSSR count). The average molecular weight is 553 g/mol. The van der Waals surface area contributed by atoms with E-state index >= 15 is 0 Å². The van der Waals surface area contributed by atoms with E-state index in [1.165, 1.54) is 6.42 Å². The monoisotopic (exact) mass is 552 g/mol. The predicted molar refractivity (Wildman–Crippen MR) is 148 cm³/mol. The zero-order valence-electron chi connectivity index (χ0n) is 24.3. The van der Waals surface area contributed by atoms with Crippen molar-refractivity contribution >= 4 is 15.8 Å². The van der Waals surface area contributed by atoms with E-state index in [9.17, 15) is 23.4 Å². The molecule has 6 nitrogen and oxygen atoms in total. The summed E-state index contributed by atoms with van der Waals surface area (Å²) in [5.74, 6) is 1.83. The van der Waals surface area contributed by atoms with Crippen molar-refractivity contribution in [2.75, 3.05) is 12.4 Å². The Kier molecular flexibility index (Phi) is 7.60. The van der Waals surface area contributed by atoms with Gasteiger partial charge in [-0.1, -0.05) is 34.1 Å². The first-order valence-electron chi connectivity index (χ1n) is 15.5. The highest BCUT2D eigenvalue weighted by Gasteiger charge is 2.64. The number of ether oxygens (including phenoxy) is 1. The maximum Gasteiger partial charge on any atom is 0.321 e. The van der Waals surface area contributed by atoms with Crippen molar-refractivity contribution in [3.8, 4) is 0 Å². The van der Waals surface area contributed by atoms with Crippen LogP contribution in [-0.4, -0.2) is 53.9 Å². The van der Waals surface area contributed by atoms with Crippen LogP contribution in [0.25, 0.3) is 0 Å². The third-order valence-corrected chi connectivity index (χ3v) is 15.5. The zero-order valence-corrected chi connectivity index (χ0v) is 25.1. The van der Waals surface area contributed by atoms with E-state index in [1.54, 1.807) is 6.92 Å². The molecule has 0 heterocycles. The van der Waals surface area contributed by atoms with Crippen molar-refractivity contribution in [2.24, 2.45) is 52.3 Å². The fraction of sp³-hybridized carbons (Fsp3) is 0.968. The topological polar surface area (TPSA) is 101 Å². The minimum Gasteiger partial charge on any atom is -0.465 e. The molecule has 2 N–H and O–H groups in total. The fourth-order valence-electron chi connectivity index (χ4n) is 10.4. The summed E-state index contributed by atoms with van der Waals surface area (Å²) in [6.45, 7) is 11.4. The molecule has 0 radical (unpaired) electrons. The first-order chi connectivity index (χ1) is 17.8. The highest BCUT2D eigenvalue weighted by Crippen LogP contribution is 2.69. The molecule has 5 saturated carbocycles. The second-order valence-corrected chi connectivity index (χ2v) is 17.3. The number of carbonyl (C=O) groups excluding carboxylic acids is 1. The van der Waals surface area contributed by atoms with Gasteiger partial charge in [-0.15, -0.1) is 0 Å². The van der Waals surface area contributed by atoms with Gasteiger partial charge >= 0.3 is 5.97 Å². The van der Waals surface area contributed by atoms with Gasteiger partial charge < -0.3 is 14.9 Å². The molecule has 5 fully saturated rings. The minimum absolute atomic E-state index is 0.172. The van der Waals surface area contributed by atoms with Crippen LogP contribution in [0.3, 0.4) is 0 Å². The number of aliphatic hydroxyl groups is 2. The summed E-state index contributed by atoms with van der Waals surface area (Å²) in [6, 6.07) is 0. The molecule has 0 aromatic carbocycles. The quantitative estimate of drug-likeness (QED) is 0.404. The Morgan fingerprint density at radius 2 is 1.61 bits per heavy atom. The highest BCUT2D eigenvalue weighted by molar-refractivity contribution is 7.93. The van der Waals surface area contributed by atoms with E-state index < -0.39 is 26.3 Å². The van der Waals surface area contributed by atoms with E-state index in [-0.39, 0.29) is 35.6 Å². The van der Waals surface area contributed by atoms with Crippen molar-refractivity contribution in [3.63, 3.8) is 0 Å². The Balaban J connectivity index is 1.24. The summed E-state index contributed by atoms with van der Waals surface area (Å²) in [4.78, 5) is 12.3. The molecule has 0 saturated heterocycles. The molecule has 0 aromatic heterocycles. The van der Waals surface area contributed by atoms with Gasteiger partial charge in [0.1, 0.15) is 5.75 Å². The molecule has 0 unspecified atom stereocenters. The molecule has 38 heavy (non-hydrogen) atoms. The van der Waals surface area contributed by atoms with Crippen LogP contribution in [0.5, 0.6) is 0 Å². The summed E-state index contributed by atoms with van der Waals surface area (Å²) in [5, 5.41) is 22.4. The van der Waals surface area contributed by atoms with Gasteiger partial charge in [-0.25, -0.2) is 8.42 Å². The number of esters is 1. The maximum atomic E-state index is 12.4. The molecule has 0 aromatic rings. The lowest BCUT2D eigenvalue weighted by Gasteiger charge is -2.64. The summed E-state index contributed by atoms with van der Waals surface area (Å²) in [5.41, 5.74) is 0.381. The maximum absolute atomic E-state index is 12.4. The molecule has 11 atom stereocenters. The molecule has 7 heteroatoms. The fourth-order valence-corrected chi connectivity index (χ4v) is 11.8. The Labute approximate surface area is 230 Å². The number of hydrogen-bond donors (Lipinski definition) is 2. The van der Waals surface area contributed by atoms with Crippen LogP contribution in [0.15, 0.2) is 0 Å². The van der Waals surface area contributed by atoms with Crippen molar-refractivity contribution < 1.29 is 28.2 Å². The van der Waals surface area contributed by atoms with Crippen LogP contribution in [-0.2, 0) is 19.4 Å². The molecule has 0 aliphatic heterocycles. The molecule has 218 valence electrons. The minimum atomic E-state index is -3.43. The van der Waals surface area contributed by atoms with Crippen LogP contribution in [0, 0.1) is 52.3 Å². The van der Waals surface area contributed by atoms with Gasteiger partial charge in [0, 0.05) is 0 Å². The third kappa shape index (κ3) is 4.58. The molecule has 0 amide bonds. The lowest BCUT2D eigenvalue weighted by atomic mass is 9.41. The molecular formula is C31H52O6S. The Morgan fingerprint density at radius 1 is 0.947 bits per heavy atom. The molecule has 0 bridgehead atoms. The lowest BCUT2D eigenvalue weighted by molar-refractivity contribution is -0.203. The first-order valence-corrected chi connectivity index (χ1v) is 17.2. The third-order valence-electron chi connectivity index (χ3n) is 13.0. The normalized spacial score (nSPS) is 46.4. The number of sulfone groups is 1. The zero-order chi connectivity index (χ0) is 27.7. The second-order valence-electron chi connectivity index (χ2n) is 14.8. The summed E-state index contributed by atoms with van der Waals surface area (Å²) >= 11 is 0. The Hall–Kier alpha value is -0.660. The highest BCUT2D eigenvalue weighted by atomic mass is 32.2. The summed E-state index contributed by atoms with van der Waals surface area (Å²) in [7, 11) is -3.43. The average Bonchev–Trinajstić information content (AvgIpc) is 3.51. The van der Waals surface area contributed by atoms with Crippen LogP contribution in [0.4, 0.5) is 0 Å². The van der Waals surface area contributed by atoms with Gasteiger partial charge in [-0.3, -0.25) is 4.79 Å². The van der Waals surface area contributed by atoms with Gasteiger partial charge in [-0.2, -0.15) is 0 Å². The standard InChI is InChI=1S/C31H52O6S/c1-6-21-25-17-20(32)9-12-31(25,5)24-10-13-30(4)22(7-8-23(30)27(24)28(21)34)19(2)11-16-37-26(33)18-38(35,36)29(3)14-15-29/h19-25,27-28,32,34H,6-18H2,1-5H3/t19-,20-,21-,22-,23+,24+,25+,27+,28-,30-,31-/m1/s1. The van der Waals surface area contributed by atoms with E-state index in [1.807, 2.05) is 0 Å². The van der Waals surface area contributed by atoms with E-state index in [2.05, 4.69) is 27.7 Å². The second kappa shape index (κ2) is 10.0. The number of rotatable bonds is 8. The van der Waals surface area contributed by atoms with Gasteiger partial charge in [0.15, 0.2) is 9.84 Å². The van der Waals surface area contributed by atoms with Crippen molar-refractivity contribution in [1.82, 2.24) is 0 Å². The molecule has 5 aliphatic carbocycles. The Morgan fingerprint density at radius 3 is 2.26 bits per heavy atom. The van der Waals surface area contributed by atoms with Crippen molar-refractivity contribution in [2.45, 2.75) is 122 Å². The predicted octanol–water partition coefficient (Wildman–Crippen LogP) is 5.15. The molecule has 0 spiro atoms. The van der Waals surface area contributed by atoms with Gasteiger partial charge in [0.05, 0.1) is 23.6 Å². The van der Waals surface area contributed by atoms with Gasteiger partial charge in [0.2, 0.25) is 0 Å². The lowest BCUT2D eigenvalue weighted by Crippen LogP contribution is -2.62. The van der Waals surface area contributed by atoms with Gasteiger partial charge in [0.25, 0.3) is 0 Å². The first kappa shape index (κ1) is 28.9. The van der Waals surface area contributed by atoms with Crippen LogP contribution >= 0.6 is 0 Å². The summed E-state index contributed by atoms with van der Waals surface area (Å²) in [6.07, 6.45) is 9.94. The Bertz CT molecular complexity index is 1010. The summed E-state index contributed by atoms with van der Waals surface area (Å²) < 4.78 is 29.5. The largest absolute Gasteiger partial charge is 0.465 e. The van der Waals surface area contributed by atoms with Crippen molar-refractivity contribution in [3.05, 3.63) is 0 Å². The van der Waals surface area contributed by atoms with Gasteiger partial charge in [-0.05, 0) is 123 Å². The molecule has 5 aliphatic rings. The SMILES string of the molecule is CC[C@H]1[C@@H](O)[C@@H]2[C@H](CC[C@]3(C)[C@@H]([C@H](C)CCOC(=O)CS(=O)(=O)C4(C)CC4)CC[C@@H]23)[C@@]2(C)CC[C@@H](O)C[C@@H]12. The number of carbonyl (C=O) groups is 1. The van der Waals surface area contributed by atoms with Crippen molar-refractivity contribution in [1.29, 1.82) is 0 Å². The van der Waals surface area contributed by atoms with E-state index in [0.29, 0.717) is 48.3 Å². The van der Waals surface area contributed by atoms with Crippen LogP contribution < -0.4 is 0 Å². The smallest absolute Gasteiger partial charge is 0.321 e. The van der Waals surface area contributed by atoms with E-state index in [4.69, 9.17) is 4.74 Å².